The molecule has 1 saturated heterocycles. The number of urea groups is 1. The summed E-state index contributed by atoms with van der Waals surface area (Å²) >= 11 is 0. The van der Waals surface area contributed by atoms with Crippen LogP contribution in [0.4, 0.5) is 4.79 Å². The highest BCUT2D eigenvalue weighted by Crippen LogP contribution is 2.27. The molecule has 3 atom stereocenters. The van der Waals surface area contributed by atoms with E-state index in [4.69, 9.17) is 4.74 Å². The molecule has 1 fully saturated rings. The summed E-state index contributed by atoms with van der Waals surface area (Å²) in [4.78, 5) is 14.5. The lowest BCUT2D eigenvalue weighted by Gasteiger charge is -2.31. The second kappa shape index (κ2) is 8.68. The molecule has 0 spiro atoms. The zero-order chi connectivity index (χ0) is 18.4. The largest absolute Gasteiger partial charge is 0.388 e. The number of nitrogens with zero attached hydrogens (tertiary/aromatic N) is 1. The van der Waals surface area contributed by atoms with E-state index in [1.54, 1.807) is 7.11 Å². The lowest BCUT2D eigenvalue weighted by Crippen LogP contribution is -2.48. The van der Waals surface area contributed by atoms with Crippen molar-refractivity contribution >= 4 is 6.03 Å². The normalized spacial score (nSPS) is 20.4. The second-order valence-electron chi connectivity index (χ2n) is 7.67. The Labute approximate surface area is 151 Å². The number of aliphatic hydroxyl groups is 1. The third kappa shape index (κ3) is 5.72. The number of rotatable bonds is 7. The minimum Gasteiger partial charge on any atom is -0.388 e. The molecule has 0 aromatic heterocycles. The number of carbonyl (C=O) groups excluding carboxylic acids is 1. The fraction of sp³-hybridized carbons (Fsp3) is 0.650. The van der Waals surface area contributed by atoms with E-state index in [-0.39, 0.29) is 23.7 Å². The van der Waals surface area contributed by atoms with E-state index < -0.39 is 6.10 Å². The number of benzene rings is 1. The van der Waals surface area contributed by atoms with Crippen molar-refractivity contribution < 1.29 is 14.6 Å². The number of aliphatic hydroxyl groups excluding tert-OH is 1. The van der Waals surface area contributed by atoms with E-state index in [9.17, 15) is 9.90 Å². The molecule has 0 radical (unpaired) electrons. The minimum absolute atomic E-state index is 0.0303. The molecule has 2 amide bonds. The Bertz CT molecular complexity index is 547. The highest BCUT2D eigenvalue weighted by molar-refractivity contribution is 5.75. The summed E-state index contributed by atoms with van der Waals surface area (Å²) < 4.78 is 5.44. The monoisotopic (exact) mass is 348 g/mol. The first-order valence-electron chi connectivity index (χ1n) is 9.17. The van der Waals surface area contributed by atoms with Gasteiger partial charge in [0.25, 0.3) is 0 Å². The van der Waals surface area contributed by atoms with Gasteiger partial charge >= 0.3 is 6.03 Å². The second-order valence-corrected chi connectivity index (χ2v) is 7.67. The quantitative estimate of drug-likeness (QED) is 0.793. The molecule has 0 bridgehead atoms. The summed E-state index contributed by atoms with van der Waals surface area (Å²) in [5.41, 5.74) is 0.644. The van der Waals surface area contributed by atoms with Gasteiger partial charge in [0, 0.05) is 25.7 Å². The van der Waals surface area contributed by atoms with Gasteiger partial charge < -0.3 is 20.1 Å². The summed E-state index contributed by atoms with van der Waals surface area (Å²) in [5, 5.41) is 13.6. The van der Waals surface area contributed by atoms with Gasteiger partial charge in [-0.2, -0.15) is 0 Å². The Morgan fingerprint density at radius 3 is 2.72 bits per heavy atom. The van der Waals surface area contributed by atoms with Gasteiger partial charge in [0.2, 0.25) is 0 Å². The summed E-state index contributed by atoms with van der Waals surface area (Å²) in [5.74, 6) is 0. The highest BCUT2D eigenvalue weighted by Gasteiger charge is 2.32. The number of carbonyl (C=O) groups is 1. The fourth-order valence-electron chi connectivity index (χ4n) is 3.58. The van der Waals surface area contributed by atoms with Crippen molar-refractivity contribution in [3.8, 4) is 0 Å². The molecule has 1 aromatic carbocycles. The van der Waals surface area contributed by atoms with Crippen molar-refractivity contribution in [3.05, 3.63) is 35.9 Å². The number of amides is 2. The third-order valence-electron chi connectivity index (χ3n) is 5.04. The Kier molecular flexibility index (Phi) is 6.85. The molecule has 0 aliphatic carbocycles. The van der Waals surface area contributed by atoms with Crippen molar-refractivity contribution in [2.24, 2.45) is 0 Å². The predicted octanol–water partition coefficient (Wildman–Crippen LogP) is 3.49. The maximum Gasteiger partial charge on any atom is 0.317 e. The molecular weight excluding hydrogens is 316 g/mol. The maximum absolute atomic E-state index is 12.7. The summed E-state index contributed by atoms with van der Waals surface area (Å²) in [6, 6.07) is 9.72. The molecule has 5 nitrogen and oxygen atoms in total. The van der Waals surface area contributed by atoms with E-state index in [1.165, 1.54) is 0 Å². The Hall–Kier alpha value is -1.59. The zero-order valence-electron chi connectivity index (χ0n) is 15.9. The van der Waals surface area contributed by atoms with Crippen molar-refractivity contribution in [2.75, 3.05) is 13.7 Å². The van der Waals surface area contributed by atoms with E-state index in [0.29, 0.717) is 6.42 Å². The highest BCUT2D eigenvalue weighted by atomic mass is 16.5. The van der Waals surface area contributed by atoms with Crippen LogP contribution < -0.4 is 5.32 Å². The topological polar surface area (TPSA) is 61.8 Å². The van der Waals surface area contributed by atoms with Crippen LogP contribution in [0.5, 0.6) is 0 Å². The first-order chi connectivity index (χ1) is 11.8. The number of ether oxygens (including phenoxy) is 1. The average Bonchev–Trinajstić information content (AvgIpc) is 3.03. The average molecular weight is 348 g/mol. The summed E-state index contributed by atoms with van der Waals surface area (Å²) in [6.45, 7) is 6.79. The molecule has 1 aliphatic rings. The molecular formula is C20H32N2O3. The van der Waals surface area contributed by atoms with Gasteiger partial charge in [0.05, 0.1) is 11.7 Å². The summed E-state index contributed by atoms with van der Waals surface area (Å²) in [6.07, 6.45) is 2.71. The Balaban J connectivity index is 1.90. The molecule has 25 heavy (non-hydrogen) atoms. The SMILES string of the molecule is COC(C)(C)CC(C)NC(=O)N1CCCC1CC(O)c1ccccc1. The van der Waals surface area contributed by atoms with E-state index in [1.807, 2.05) is 56.0 Å². The molecule has 2 rings (SSSR count). The van der Waals surface area contributed by atoms with Crippen LogP contribution in [0.2, 0.25) is 0 Å². The van der Waals surface area contributed by atoms with Gasteiger partial charge in [-0.1, -0.05) is 30.3 Å². The standard InChI is InChI=1S/C20H32N2O3/c1-15(14-20(2,3)25-4)21-19(24)22-12-8-11-17(22)13-18(23)16-9-6-5-7-10-16/h5-7,9-10,15,17-18,23H,8,11-14H2,1-4H3,(H,21,24). The van der Waals surface area contributed by atoms with Crippen molar-refractivity contribution in [2.45, 2.75) is 70.2 Å². The number of hydrogen-bond donors (Lipinski definition) is 2. The Morgan fingerprint density at radius 1 is 1.40 bits per heavy atom. The molecule has 1 aliphatic heterocycles. The molecule has 1 aromatic rings. The van der Waals surface area contributed by atoms with Gasteiger partial charge in [0.15, 0.2) is 0 Å². The van der Waals surface area contributed by atoms with Crippen LogP contribution in [-0.2, 0) is 4.74 Å². The lowest BCUT2D eigenvalue weighted by atomic mass is 9.99. The third-order valence-corrected chi connectivity index (χ3v) is 5.04. The van der Waals surface area contributed by atoms with E-state index in [2.05, 4.69) is 5.32 Å². The predicted molar refractivity (Wildman–Crippen MR) is 99.4 cm³/mol. The smallest absolute Gasteiger partial charge is 0.317 e. The number of nitrogens with one attached hydrogen (secondary N) is 1. The molecule has 0 saturated carbocycles. The first-order valence-corrected chi connectivity index (χ1v) is 9.17. The molecule has 140 valence electrons. The minimum atomic E-state index is -0.538. The van der Waals surface area contributed by atoms with Crippen LogP contribution in [0.15, 0.2) is 30.3 Å². The Morgan fingerprint density at radius 2 is 2.08 bits per heavy atom. The van der Waals surface area contributed by atoms with Crippen LogP contribution in [0.1, 0.15) is 58.1 Å². The number of methoxy groups -OCH3 is 1. The van der Waals surface area contributed by atoms with Gasteiger partial charge in [-0.25, -0.2) is 4.79 Å². The molecule has 5 heteroatoms. The van der Waals surface area contributed by atoms with Gasteiger partial charge in [-0.3, -0.25) is 0 Å². The van der Waals surface area contributed by atoms with Crippen LogP contribution in [0.3, 0.4) is 0 Å². The molecule has 2 N–H and O–H groups in total. The van der Waals surface area contributed by atoms with Crippen molar-refractivity contribution in [3.63, 3.8) is 0 Å². The van der Waals surface area contributed by atoms with Crippen LogP contribution >= 0.6 is 0 Å². The molecule has 1 heterocycles. The number of likely N-dealkylation sites (tertiary alicyclic amines) is 1. The van der Waals surface area contributed by atoms with E-state index >= 15 is 0 Å². The van der Waals surface area contributed by atoms with Crippen LogP contribution in [0.25, 0.3) is 0 Å². The van der Waals surface area contributed by atoms with Crippen molar-refractivity contribution in [1.82, 2.24) is 10.2 Å². The number of hydrogen-bond acceptors (Lipinski definition) is 3. The van der Waals surface area contributed by atoms with Gasteiger partial charge in [0.1, 0.15) is 0 Å². The van der Waals surface area contributed by atoms with Crippen LogP contribution in [0, 0.1) is 0 Å². The van der Waals surface area contributed by atoms with E-state index in [0.717, 1.165) is 31.4 Å². The molecule has 3 unspecified atom stereocenters. The van der Waals surface area contributed by atoms with Gasteiger partial charge in [-0.05, 0) is 52.0 Å². The van der Waals surface area contributed by atoms with Crippen LogP contribution in [-0.4, -0.2) is 47.4 Å². The lowest BCUT2D eigenvalue weighted by molar-refractivity contribution is 0.00905. The van der Waals surface area contributed by atoms with Gasteiger partial charge in [-0.15, -0.1) is 0 Å². The van der Waals surface area contributed by atoms with Crippen molar-refractivity contribution in [1.29, 1.82) is 0 Å². The first kappa shape index (κ1) is 19.7. The summed E-state index contributed by atoms with van der Waals surface area (Å²) in [7, 11) is 1.69. The zero-order valence-corrected chi connectivity index (χ0v) is 15.9. The fourth-order valence-corrected chi connectivity index (χ4v) is 3.58. The maximum atomic E-state index is 12.7.